The van der Waals surface area contributed by atoms with Crippen molar-refractivity contribution in [3.8, 4) is 0 Å². The van der Waals surface area contributed by atoms with Gasteiger partial charge in [0.15, 0.2) is 0 Å². The van der Waals surface area contributed by atoms with Crippen molar-refractivity contribution in [1.82, 2.24) is 10.8 Å². The number of hydrogen-bond donors (Lipinski definition) is 3. The number of rotatable bonds is 5. The third-order valence-corrected chi connectivity index (χ3v) is 6.44. The number of carbonyl (C=O) groups excluding carboxylic acids is 2. The maximum Gasteiger partial charge on any atom is 0.267 e. The van der Waals surface area contributed by atoms with Crippen molar-refractivity contribution in [1.29, 1.82) is 0 Å². The summed E-state index contributed by atoms with van der Waals surface area (Å²) in [5, 5.41) is 11.5. The molecule has 5 rings (SSSR count). The monoisotopic (exact) mass is 372 g/mol. The van der Waals surface area contributed by atoms with Crippen molar-refractivity contribution in [3.63, 3.8) is 0 Å². The van der Waals surface area contributed by atoms with Crippen molar-refractivity contribution in [2.75, 3.05) is 0 Å². The Morgan fingerprint density at radius 3 is 2.41 bits per heavy atom. The highest BCUT2D eigenvalue weighted by Crippen LogP contribution is 2.63. The standard InChI is InChI=1S/C21H25FN2O3/c22-21-10-16-7-17(11-21)9-20(8-16,13-21)19(26)23-12-15-3-1-14(2-4-15)5-6-18(25)24-27/h1-6,16-17,27H,7-13H2,(H,23,26)(H,24,25)/b6-5+. The second kappa shape index (κ2) is 6.75. The summed E-state index contributed by atoms with van der Waals surface area (Å²) in [5.41, 5.74) is 1.66. The lowest BCUT2D eigenvalue weighted by molar-refractivity contribution is -0.160. The zero-order valence-electron chi connectivity index (χ0n) is 15.2. The average Bonchev–Trinajstić information content (AvgIpc) is 2.63. The van der Waals surface area contributed by atoms with E-state index in [0.717, 1.165) is 30.4 Å². The van der Waals surface area contributed by atoms with Crippen LogP contribution in [0.15, 0.2) is 30.3 Å². The largest absolute Gasteiger partial charge is 0.352 e. The molecular weight excluding hydrogens is 347 g/mol. The minimum absolute atomic E-state index is 0.00205. The lowest BCUT2D eigenvalue weighted by Crippen LogP contribution is -2.58. The van der Waals surface area contributed by atoms with Crippen LogP contribution in [0.4, 0.5) is 4.39 Å². The predicted octanol–water partition coefficient (Wildman–Crippen LogP) is 3.13. The summed E-state index contributed by atoms with van der Waals surface area (Å²) in [7, 11) is 0. The first-order valence-electron chi connectivity index (χ1n) is 9.58. The molecule has 4 aliphatic carbocycles. The molecule has 4 fully saturated rings. The maximum atomic E-state index is 15.0. The van der Waals surface area contributed by atoms with Crippen molar-refractivity contribution in [3.05, 3.63) is 41.5 Å². The third-order valence-electron chi connectivity index (χ3n) is 6.44. The Labute approximate surface area is 158 Å². The molecule has 4 aliphatic rings. The van der Waals surface area contributed by atoms with E-state index in [9.17, 15) is 9.59 Å². The molecule has 0 heterocycles. The minimum Gasteiger partial charge on any atom is -0.352 e. The fourth-order valence-corrected chi connectivity index (χ4v) is 5.74. The molecule has 5 nitrogen and oxygen atoms in total. The van der Waals surface area contributed by atoms with E-state index >= 15 is 4.39 Å². The number of carbonyl (C=O) groups is 2. The molecule has 0 saturated heterocycles. The Bertz CT molecular complexity index is 760. The van der Waals surface area contributed by atoms with E-state index < -0.39 is 17.0 Å². The Morgan fingerprint density at radius 1 is 1.15 bits per heavy atom. The van der Waals surface area contributed by atoms with E-state index in [1.165, 1.54) is 11.6 Å². The molecule has 0 radical (unpaired) electrons. The van der Waals surface area contributed by atoms with Crippen LogP contribution in [-0.2, 0) is 16.1 Å². The molecule has 2 unspecified atom stereocenters. The van der Waals surface area contributed by atoms with Crippen LogP contribution in [0.1, 0.15) is 49.7 Å². The van der Waals surface area contributed by atoms with Crippen LogP contribution >= 0.6 is 0 Å². The maximum absolute atomic E-state index is 15.0. The molecule has 144 valence electrons. The summed E-state index contributed by atoms with van der Waals surface area (Å²) in [6.45, 7) is 0.413. The van der Waals surface area contributed by atoms with E-state index in [4.69, 9.17) is 5.21 Å². The Morgan fingerprint density at radius 2 is 1.81 bits per heavy atom. The fourth-order valence-electron chi connectivity index (χ4n) is 5.74. The van der Waals surface area contributed by atoms with Crippen LogP contribution in [0.5, 0.6) is 0 Å². The van der Waals surface area contributed by atoms with Crippen molar-refractivity contribution in [2.45, 2.75) is 50.7 Å². The zero-order chi connectivity index (χ0) is 19.1. The Hall–Kier alpha value is -2.21. The number of hydroxylamine groups is 1. The SMILES string of the molecule is O=C(/C=C/c1ccc(CNC(=O)C23CC4CC(CC(F)(C4)C2)C3)cc1)NO. The van der Waals surface area contributed by atoms with E-state index in [2.05, 4.69) is 5.32 Å². The van der Waals surface area contributed by atoms with Crippen LogP contribution in [0, 0.1) is 17.3 Å². The first kappa shape index (κ1) is 18.2. The fraction of sp³-hybridized carbons (Fsp3) is 0.524. The summed E-state index contributed by atoms with van der Waals surface area (Å²) < 4.78 is 15.0. The van der Waals surface area contributed by atoms with Gasteiger partial charge in [0.2, 0.25) is 5.91 Å². The molecule has 4 bridgehead atoms. The molecule has 27 heavy (non-hydrogen) atoms. The van der Waals surface area contributed by atoms with E-state index in [1.54, 1.807) is 6.08 Å². The number of nitrogens with one attached hydrogen (secondary N) is 2. The topological polar surface area (TPSA) is 78.4 Å². The minimum atomic E-state index is -1.13. The average molecular weight is 372 g/mol. The van der Waals surface area contributed by atoms with Gasteiger partial charge in [-0.1, -0.05) is 24.3 Å². The highest BCUT2D eigenvalue weighted by atomic mass is 19.1. The van der Waals surface area contributed by atoms with Gasteiger partial charge in [-0.25, -0.2) is 9.87 Å². The summed E-state index contributed by atoms with van der Waals surface area (Å²) in [4.78, 5) is 23.9. The smallest absolute Gasteiger partial charge is 0.267 e. The van der Waals surface area contributed by atoms with Gasteiger partial charge in [0.1, 0.15) is 5.67 Å². The summed E-state index contributed by atoms with van der Waals surface area (Å²) >= 11 is 0. The van der Waals surface area contributed by atoms with Gasteiger partial charge in [0.05, 0.1) is 5.41 Å². The van der Waals surface area contributed by atoms with Gasteiger partial charge >= 0.3 is 0 Å². The van der Waals surface area contributed by atoms with Crippen LogP contribution in [0.25, 0.3) is 6.08 Å². The van der Waals surface area contributed by atoms with Gasteiger partial charge in [-0.2, -0.15) is 0 Å². The Balaban J connectivity index is 1.37. The van der Waals surface area contributed by atoms with Crippen LogP contribution in [0.2, 0.25) is 0 Å². The number of benzene rings is 1. The second-order valence-electron chi connectivity index (χ2n) is 8.63. The molecule has 1 aromatic rings. The van der Waals surface area contributed by atoms with Gasteiger partial charge < -0.3 is 5.32 Å². The Kier molecular flexibility index (Phi) is 4.54. The predicted molar refractivity (Wildman–Crippen MR) is 98.2 cm³/mol. The van der Waals surface area contributed by atoms with E-state index in [-0.39, 0.29) is 5.91 Å². The molecule has 3 N–H and O–H groups in total. The normalized spacial score (nSPS) is 34.0. The van der Waals surface area contributed by atoms with Crippen LogP contribution < -0.4 is 10.8 Å². The number of amides is 2. The first-order chi connectivity index (χ1) is 12.9. The highest BCUT2D eigenvalue weighted by Gasteiger charge is 2.61. The van der Waals surface area contributed by atoms with Crippen molar-refractivity contribution < 1.29 is 19.2 Å². The molecular formula is C21H25FN2O3. The van der Waals surface area contributed by atoms with Gasteiger partial charge in [0.25, 0.3) is 5.91 Å². The molecule has 4 saturated carbocycles. The lowest BCUT2D eigenvalue weighted by atomic mass is 9.48. The molecule has 0 aliphatic heterocycles. The number of hydrogen-bond acceptors (Lipinski definition) is 3. The number of halogens is 1. The quantitative estimate of drug-likeness (QED) is 0.422. The molecule has 2 amide bonds. The summed E-state index contributed by atoms with van der Waals surface area (Å²) in [6.07, 6.45) is 7.24. The molecule has 6 heteroatoms. The van der Waals surface area contributed by atoms with Crippen molar-refractivity contribution in [2.24, 2.45) is 17.3 Å². The van der Waals surface area contributed by atoms with E-state index in [0.29, 0.717) is 37.6 Å². The first-order valence-corrected chi connectivity index (χ1v) is 9.58. The van der Waals surface area contributed by atoms with Gasteiger partial charge in [-0.15, -0.1) is 0 Å². The number of alkyl halides is 1. The molecule has 0 aromatic heterocycles. The van der Waals surface area contributed by atoms with Gasteiger partial charge in [-0.3, -0.25) is 14.8 Å². The third kappa shape index (κ3) is 3.63. The summed E-state index contributed by atoms with van der Waals surface area (Å²) in [6, 6.07) is 7.44. The summed E-state index contributed by atoms with van der Waals surface area (Å²) in [5.74, 6) is 0.142. The van der Waals surface area contributed by atoms with Crippen molar-refractivity contribution >= 4 is 17.9 Å². The van der Waals surface area contributed by atoms with E-state index in [1.807, 2.05) is 24.3 Å². The molecule has 1 aromatic carbocycles. The molecule has 2 atom stereocenters. The van der Waals surface area contributed by atoms with Crippen LogP contribution in [0.3, 0.4) is 0 Å². The highest BCUT2D eigenvalue weighted by molar-refractivity contribution is 5.90. The van der Waals surface area contributed by atoms with Crippen LogP contribution in [-0.4, -0.2) is 22.7 Å². The lowest BCUT2D eigenvalue weighted by Gasteiger charge is -2.58. The molecule has 0 spiro atoms. The van der Waals surface area contributed by atoms with Gasteiger partial charge in [0, 0.05) is 12.6 Å². The second-order valence-corrected chi connectivity index (χ2v) is 8.63. The van der Waals surface area contributed by atoms with Gasteiger partial charge in [-0.05, 0) is 67.6 Å². The zero-order valence-corrected chi connectivity index (χ0v) is 15.2.